The molecule has 0 aliphatic carbocycles. The molecule has 2 aromatic rings. The summed E-state index contributed by atoms with van der Waals surface area (Å²) in [6.45, 7) is 6.95. The molecule has 1 heterocycles. The zero-order chi connectivity index (χ0) is 17.9. The molecule has 134 valence electrons. The number of hydrogen-bond donors (Lipinski definition) is 1. The Balaban J connectivity index is 1.71. The average molecular weight is 359 g/mol. The van der Waals surface area contributed by atoms with Gasteiger partial charge >= 0.3 is 0 Å². The lowest BCUT2D eigenvalue weighted by molar-refractivity contribution is 0.221. The Morgan fingerprint density at radius 2 is 1.64 bits per heavy atom. The van der Waals surface area contributed by atoms with Gasteiger partial charge in [-0.1, -0.05) is 30.7 Å². The molecule has 3 rings (SSSR count). The average Bonchev–Trinajstić information content (AvgIpc) is 2.59. The summed E-state index contributed by atoms with van der Waals surface area (Å²) in [4.78, 5) is 2.79. The molecule has 0 spiro atoms. The molecule has 0 amide bonds. The van der Waals surface area contributed by atoms with Crippen molar-refractivity contribution in [3.05, 3.63) is 59.2 Å². The molecule has 1 aliphatic heterocycles. The maximum atomic E-state index is 12.7. The predicted molar refractivity (Wildman–Crippen MR) is 102 cm³/mol. The van der Waals surface area contributed by atoms with Gasteiger partial charge < -0.3 is 0 Å². The summed E-state index contributed by atoms with van der Waals surface area (Å²) < 4.78 is 28.0. The van der Waals surface area contributed by atoms with E-state index in [9.17, 15) is 8.42 Å². The highest BCUT2D eigenvalue weighted by molar-refractivity contribution is 7.92. The van der Waals surface area contributed by atoms with Crippen LogP contribution in [-0.2, 0) is 16.6 Å². The third-order valence-electron chi connectivity index (χ3n) is 4.69. The molecule has 0 saturated carbocycles. The topological polar surface area (TPSA) is 49.4 Å². The lowest BCUT2D eigenvalue weighted by atomic mass is 10.1. The highest BCUT2D eigenvalue weighted by Crippen LogP contribution is 2.21. The fourth-order valence-corrected chi connectivity index (χ4v) is 4.65. The standard InChI is InChI=1S/C20H26N2O2S/c1-16-6-7-17(2)20(14-16)25(23,24)21-19-10-8-18(9-11-19)15-22-12-4-3-5-13-22/h6-11,14,21H,3-5,12-13,15H2,1-2H3. The Labute approximate surface area is 150 Å². The number of nitrogens with one attached hydrogen (secondary N) is 1. The zero-order valence-corrected chi connectivity index (χ0v) is 15.8. The number of piperidine rings is 1. The summed E-state index contributed by atoms with van der Waals surface area (Å²) in [5.41, 5.74) is 3.50. The van der Waals surface area contributed by atoms with Crippen molar-refractivity contribution >= 4 is 15.7 Å². The molecule has 2 aromatic carbocycles. The lowest BCUT2D eigenvalue weighted by Gasteiger charge is -2.26. The second-order valence-corrected chi connectivity index (χ2v) is 8.56. The second-order valence-electron chi connectivity index (χ2n) is 6.91. The fourth-order valence-electron chi connectivity index (χ4n) is 3.26. The Hall–Kier alpha value is -1.85. The van der Waals surface area contributed by atoms with Crippen molar-refractivity contribution in [3.63, 3.8) is 0 Å². The van der Waals surface area contributed by atoms with Crippen molar-refractivity contribution in [2.75, 3.05) is 17.8 Å². The van der Waals surface area contributed by atoms with Crippen LogP contribution >= 0.6 is 0 Å². The van der Waals surface area contributed by atoms with Crippen LogP contribution in [0, 0.1) is 13.8 Å². The molecule has 25 heavy (non-hydrogen) atoms. The highest BCUT2D eigenvalue weighted by Gasteiger charge is 2.17. The van der Waals surface area contributed by atoms with E-state index in [4.69, 9.17) is 0 Å². The SMILES string of the molecule is Cc1ccc(C)c(S(=O)(=O)Nc2ccc(CN3CCCCC3)cc2)c1. The van der Waals surface area contributed by atoms with Crippen LogP contribution in [0.4, 0.5) is 5.69 Å². The van der Waals surface area contributed by atoms with Crippen molar-refractivity contribution in [1.29, 1.82) is 0 Å². The van der Waals surface area contributed by atoms with Crippen LogP contribution in [0.1, 0.15) is 36.0 Å². The first-order chi connectivity index (χ1) is 11.9. The van der Waals surface area contributed by atoms with Crippen LogP contribution < -0.4 is 4.72 Å². The van der Waals surface area contributed by atoms with E-state index < -0.39 is 10.0 Å². The van der Waals surface area contributed by atoms with Gasteiger partial charge in [-0.2, -0.15) is 0 Å². The Bertz CT molecular complexity index is 823. The lowest BCUT2D eigenvalue weighted by Crippen LogP contribution is -2.29. The molecule has 1 N–H and O–H groups in total. The van der Waals surface area contributed by atoms with Crippen LogP contribution in [0.25, 0.3) is 0 Å². The Kier molecular flexibility index (Phi) is 5.45. The van der Waals surface area contributed by atoms with Gasteiger partial charge in [0.05, 0.1) is 4.90 Å². The van der Waals surface area contributed by atoms with Crippen molar-refractivity contribution in [3.8, 4) is 0 Å². The van der Waals surface area contributed by atoms with Gasteiger partial charge in [-0.3, -0.25) is 9.62 Å². The zero-order valence-electron chi connectivity index (χ0n) is 15.0. The number of aryl methyl sites for hydroxylation is 2. The van der Waals surface area contributed by atoms with Crippen LogP contribution in [-0.4, -0.2) is 26.4 Å². The number of sulfonamides is 1. The number of benzene rings is 2. The normalized spacial score (nSPS) is 15.9. The monoisotopic (exact) mass is 358 g/mol. The molecule has 0 atom stereocenters. The van der Waals surface area contributed by atoms with Gasteiger partial charge in [0.2, 0.25) is 0 Å². The molecule has 0 bridgehead atoms. The predicted octanol–water partition coefficient (Wildman–Crippen LogP) is 4.09. The third-order valence-corrected chi connectivity index (χ3v) is 6.22. The van der Waals surface area contributed by atoms with Crippen molar-refractivity contribution < 1.29 is 8.42 Å². The van der Waals surface area contributed by atoms with Gasteiger partial charge in [0, 0.05) is 12.2 Å². The van der Waals surface area contributed by atoms with E-state index in [1.54, 1.807) is 6.07 Å². The van der Waals surface area contributed by atoms with Gasteiger partial charge in [-0.25, -0.2) is 8.42 Å². The number of anilines is 1. The van der Waals surface area contributed by atoms with Crippen LogP contribution in [0.15, 0.2) is 47.4 Å². The quantitative estimate of drug-likeness (QED) is 0.876. The Morgan fingerprint density at radius 3 is 2.32 bits per heavy atom. The highest BCUT2D eigenvalue weighted by atomic mass is 32.2. The maximum absolute atomic E-state index is 12.7. The van der Waals surface area contributed by atoms with E-state index in [0.717, 1.165) is 30.8 Å². The molecule has 5 heteroatoms. The van der Waals surface area contributed by atoms with E-state index in [2.05, 4.69) is 9.62 Å². The van der Waals surface area contributed by atoms with Crippen LogP contribution in [0.3, 0.4) is 0 Å². The largest absolute Gasteiger partial charge is 0.299 e. The summed E-state index contributed by atoms with van der Waals surface area (Å²) in [6.07, 6.45) is 3.87. The summed E-state index contributed by atoms with van der Waals surface area (Å²) >= 11 is 0. The molecular weight excluding hydrogens is 332 g/mol. The van der Waals surface area contributed by atoms with Gasteiger partial charge in [-0.15, -0.1) is 0 Å². The molecule has 0 unspecified atom stereocenters. The van der Waals surface area contributed by atoms with E-state index in [-0.39, 0.29) is 0 Å². The first-order valence-corrected chi connectivity index (χ1v) is 10.3. The van der Waals surface area contributed by atoms with Crippen molar-refractivity contribution in [1.82, 2.24) is 4.90 Å². The van der Waals surface area contributed by atoms with E-state index in [1.165, 1.54) is 24.8 Å². The number of nitrogens with zero attached hydrogens (tertiary/aromatic N) is 1. The van der Waals surface area contributed by atoms with Crippen molar-refractivity contribution in [2.45, 2.75) is 44.6 Å². The van der Waals surface area contributed by atoms with Gasteiger partial charge in [0.15, 0.2) is 0 Å². The van der Waals surface area contributed by atoms with E-state index in [1.807, 2.05) is 50.2 Å². The van der Waals surface area contributed by atoms with Crippen LogP contribution in [0.2, 0.25) is 0 Å². The van der Waals surface area contributed by atoms with Gasteiger partial charge in [0.1, 0.15) is 0 Å². The van der Waals surface area contributed by atoms with E-state index in [0.29, 0.717) is 10.6 Å². The summed E-state index contributed by atoms with van der Waals surface area (Å²) in [5, 5.41) is 0. The summed E-state index contributed by atoms with van der Waals surface area (Å²) in [5.74, 6) is 0. The molecule has 1 aliphatic rings. The molecule has 1 fully saturated rings. The summed E-state index contributed by atoms with van der Waals surface area (Å²) in [6, 6.07) is 13.2. The first-order valence-electron chi connectivity index (χ1n) is 8.85. The molecule has 1 saturated heterocycles. The fraction of sp³-hybridized carbons (Fsp3) is 0.400. The minimum Gasteiger partial charge on any atom is -0.299 e. The third kappa shape index (κ3) is 4.61. The maximum Gasteiger partial charge on any atom is 0.262 e. The second kappa shape index (κ2) is 7.58. The van der Waals surface area contributed by atoms with Gasteiger partial charge in [0.25, 0.3) is 10.0 Å². The minimum absolute atomic E-state index is 0.338. The first kappa shape index (κ1) is 18.0. The van der Waals surface area contributed by atoms with E-state index >= 15 is 0 Å². The molecule has 0 aromatic heterocycles. The molecule has 4 nitrogen and oxygen atoms in total. The smallest absolute Gasteiger partial charge is 0.262 e. The van der Waals surface area contributed by atoms with Crippen LogP contribution in [0.5, 0.6) is 0 Å². The number of hydrogen-bond acceptors (Lipinski definition) is 3. The number of rotatable bonds is 5. The summed E-state index contributed by atoms with van der Waals surface area (Å²) in [7, 11) is -3.57. The van der Waals surface area contributed by atoms with Crippen molar-refractivity contribution in [2.24, 2.45) is 0 Å². The number of likely N-dealkylation sites (tertiary alicyclic amines) is 1. The molecular formula is C20H26N2O2S. The van der Waals surface area contributed by atoms with Gasteiger partial charge in [-0.05, 0) is 74.7 Å². The molecule has 0 radical (unpaired) electrons. The Morgan fingerprint density at radius 1 is 0.960 bits per heavy atom. The minimum atomic E-state index is -3.57.